The molecule has 342 valence electrons. The van der Waals surface area contributed by atoms with Gasteiger partial charge in [0.25, 0.3) is 0 Å². The number of nitrogens with one attached hydrogen (secondary N) is 6. The van der Waals surface area contributed by atoms with Gasteiger partial charge in [0.05, 0.1) is 85.3 Å². The summed E-state index contributed by atoms with van der Waals surface area (Å²) in [6.45, 7) is 13.0. The quantitative estimate of drug-likeness (QED) is 0.0397. The molecule has 0 rings (SSSR count). The van der Waals surface area contributed by atoms with E-state index in [1.165, 1.54) is 13.8 Å². The highest BCUT2D eigenvalue weighted by Gasteiger charge is 2.27. The molecule has 3 atom stereocenters. The Hall–Kier alpha value is -3.95. The molecule has 59 heavy (non-hydrogen) atoms. The number of rotatable bonds is 39. The molecule has 0 spiro atoms. The second-order valence-corrected chi connectivity index (χ2v) is 14.0. The van der Waals surface area contributed by atoms with Crippen LogP contribution in [0.2, 0.25) is 0 Å². The van der Waals surface area contributed by atoms with E-state index in [2.05, 4.69) is 38.8 Å². The molecule has 0 saturated heterocycles. The maximum Gasteiger partial charge on any atom is 0.312 e. The minimum Gasteiger partial charge on any atom is -0.379 e. The first-order valence-corrected chi connectivity index (χ1v) is 20.7. The topological polar surface area (TPSA) is 273 Å². The van der Waals surface area contributed by atoms with Gasteiger partial charge in [0, 0.05) is 39.4 Å². The summed E-state index contributed by atoms with van der Waals surface area (Å²) < 4.78 is 32.7. The van der Waals surface area contributed by atoms with E-state index in [-0.39, 0.29) is 74.5 Å². The summed E-state index contributed by atoms with van der Waals surface area (Å²) in [5.74, 6) is -1.90. The van der Waals surface area contributed by atoms with Crippen molar-refractivity contribution >= 4 is 41.4 Å². The summed E-state index contributed by atoms with van der Waals surface area (Å²) in [6, 6.07) is -2.79. The van der Waals surface area contributed by atoms with Gasteiger partial charge in [-0.2, -0.15) is 0 Å². The molecule has 20 heteroatoms. The highest BCUT2D eigenvalue weighted by atomic mass is 16.5. The fourth-order valence-corrected chi connectivity index (χ4v) is 5.18. The van der Waals surface area contributed by atoms with Crippen molar-refractivity contribution in [1.29, 1.82) is 0 Å². The largest absolute Gasteiger partial charge is 0.379 e. The predicted octanol–water partition coefficient (Wildman–Crippen LogP) is -0.153. The third-order valence-electron chi connectivity index (χ3n) is 8.38. The molecule has 0 saturated carbocycles. The molecule has 8 N–H and O–H groups in total. The molecule has 0 aromatic heterocycles. The smallest absolute Gasteiger partial charge is 0.312 e. The molecule has 0 heterocycles. The zero-order valence-electron chi connectivity index (χ0n) is 36.0. The van der Waals surface area contributed by atoms with Crippen molar-refractivity contribution in [2.75, 3.05) is 98.9 Å². The molecule has 0 aromatic carbocycles. The number of nitrogens with two attached hydrogens (primary N) is 1. The first-order valence-electron chi connectivity index (χ1n) is 20.7. The summed E-state index contributed by atoms with van der Waals surface area (Å²) in [7, 11) is 0. The number of carbonyl (C=O) groups is 7. The Labute approximate surface area is 349 Å². The molecule has 0 aromatic rings. The normalized spacial score (nSPS) is 12.6. The Balaban J connectivity index is 3.77. The van der Waals surface area contributed by atoms with Crippen molar-refractivity contribution in [3.05, 3.63) is 0 Å². The van der Waals surface area contributed by atoms with Crippen LogP contribution in [0.4, 0.5) is 4.79 Å². The summed E-state index contributed by atoms with van der Waals surface area (Å²) in [6.07, 6.45) is 4.50. The van der Waals surface area contributed by atoms with Crippen LogP contribution in [0.3, 0.4) is 0 Å². The SMILES string of the molecule is CCCCCC(NC(C)=O)C(=O)NCCOCCOCCOCCC(=O)NCCOCCOCCOCCC(=O)NC(C(=O)NC(CCCNC(N)=O)C(C)=O)C(C)C. The van der Waals surface area contributed by atoms with Crippen molar-refractivity contribution < 1.29 is 62.0 Å². The zero-order chi connectivity index (χ0) is 44.1. The summed E-state index contributed by atoms with van der Waals surface area (Å²) in [4.78, 5) is 83.9. The molecular weight excluding hydrogens is 774 g/mol. The monoisotopic (exact) mass is 848 g/mol. The van der Waals surface area contributed by atoms with Crippen LogP contribution in [0, 0.1) is 5.92 Å². The van der Waals surface area contributed by atoms with Gasteiger partial charge in [0.1, 0.15) is 12.1 Å². The maximum absolute atomic E-state index is 12.9. The third-order valence-corrected chi connectivity index (χ3v) is 8.38. The van der Waals surface area contributed by atoms with E-state index < -0.39 is 30.1 Å². The average Bonchev–Trinajstić information content (AvgIpc) is 3.17. The first-order chi connectivity index (χ1) is 28.3. The van der Waals surface area contributed by atoms with Gasteiger partial charge in [-0.05, 0) is 32.1 Å². The predicted molar refractivity (Wildman–Crippen MR) is 218 cm³/mol. The van der Waals surface area contributed by atoms with E-state index in [4.69, 9.17) is 34.2 Å². The highest BCUT2D eigenvalue weighted by Crippen LogP contribution is 2.06. The van der Waals surface area contributed by atoms with Crippen molar-refractivity contribution in [2.24, 2.45) is 11.7 Å². The van der Waals surface area contributed by atoms with E-state index in [1.807, 2.05) is 0 Å². The second kappa shape index (κ2) is 37.1. The average molecular weight is 848 g/mol. The minimum absolute atomic E-state index is 0.0344. The van der Waals surface area contributed by atoms with Gasteiger partial charge in [-0.1, -0.05) is 40.0 Å². The van der Waals surface area contributed by atoms with Crippen LogP contribution in [-0.4, -0.2) is 158 Å². The lowest BCUT2D eigenvalue weighted by Gasteiger charge is -2.24. The molecular formula is C39H73N7O13. The number of ketones is 1. The number of ether oxygens (including phenoxy) is 6. The van der Waals surface area contributed by atoms with Crippen LogP contribution < -0.4 is 37.6 Å². The van der Waals surface area contributed by atoms with E-state index in [1.54, 1.807) is 13.8 Å². The van der Waals surface area contributed by atoms with E-state index >= 15 is 0 Å². The molecule has 20 nitrogen and oxygen atoms in total. The van der Waals surface area contributed by atoms with Gasteiger partial charge in [-0.15, -0.1) is 0 Å². The number of carbonyl (C=O) groups excluding carboxylic acids is 7. The van der Waals surface area contributed by atoms with Crippen molar-refractivity contribution in [3.63, 3.8) is 0 Å². The second-order valence-electron chi connectivity index (χ2n) is 14.0. The fourth-order valence-electron chi connectivity index (χ4n) is 5.18. The fraction of sp³-hybridized carbons (Fsp3) is 0.821. The molecule has 0 aliphatic rings. The zero-order valence-corrected chi connectivity index (χ0v) is 36.0. The number of primary amides is 1. The number of hydrogen-bond donors (Lipinski definition) is 7. The van der Waals surface area contributed by atoms with Gasteiger partial charge in [0.2, 0.25) is 29.5 Å². The van der Waals surface area contributed by atoms with Crippen molar-refractivity contribution in [1.82, 2.24) is 31.9 Å². The summed E-state index contributed by atoms with van der Waals surface area (Å²) >= 11 is 0. The molecule has 0 fully saturated rings. The van der Waals surface area contributed by atoms with Gasteiger partial charge >= 0.3 is 6.03 Å². The number of urea groups is 1. The lowest BCUT2D eigenvalue weighted by molar-refractivity contribution is -0.132. The van der Waals surface area contributed by atoms with Gasteiger partial charge in [-0.3, -0.25) is 28.8 Å². The van der Waals surface area contributed by atoms with Crippen LogP contribution in [-0.2, 0) is 57.2 Å². The Morgan fingerprint density at radius 1 is 0.508 bits per heavy atom. The van der Waals surface area contributed by atoms with Crippen molar-refractivity contribution in [3.8, 4) is 0 Å². The Morgan fingerprint density at radius 2 is 1.00 bits per heavy atom. The Bertz CT molecular complexity index is 1200. The van der Waals surface area contributed by atoms with Crippen LogP contribution in [0.1, 0.15) is 86.0 Å². The van der Waals surface area contributed by atoms with Gasteiger partial charge < -0.3 is 66.1 Å². The number of unbranched alkanes of at least 4 members (excludes halogenated alkanes) is 2. The summed E-state index contributed by atoms with van der Waals surface area (Å²) in [5, 5.41) is 16.1. The minimum atomic E-state index is -0.840. The standard InChI is InChI=1S/C39H73N7O13/c1-6-7-8-10-33(44-31(5)48)37(51)42-16-20-57-24-28-58-25-21-54-17-12-34(49)41-15-19-56-23-27-59-26-22-55-18-13-35(50)46-36(29(2)3)38(52)45-32(30(4)47)11-9-14-43-39(40)53/h29,32-33,36H,6-28H2,1-5H3,(H,41,49)(H,42,51)(H,44,48)(H,45,52)(H,46,50)(H3,40,43,53). The molecule has 0 aliphatic heterocycles. The first kappa shape index (κ1) is 55.0. The molecule has 0 radical (unpaired) electrons. The Kier molecular flexibility index (Phi) is 34.6. The van der Waals surface area contributed by atoms with Crippen LogP contribution in [0.5, 0.6) is 0 Å². The van der Waals surface area contributed by atoms with Gasteiger partial charge in [0.15, 0.2) is 5.78 Å². The van der Waals surface area contributed by atoms with Crippen LogP contribution in [0.25, 0.3) is 0 Å². The lowest BCUT2D eigenvalue weighted by atomic mass is 10.0. The Morgan fingerprint density at radius 3 is 1.49 bits per heavy atom. The molecule has 0 aliphatic carbocycles. The molecule has 3 unspecified atom stereocenters. The maximum atomic E-state index is 12.9. The van der Waals surface area contributed by atoms with E-state index in [0.29, 0.717) is 91.8 Å². The lowest BCUT2D eigenvalue weighted by Crippen LogP contribution is -2.53. The van der Waals surface area contributed by atoms with Gasteiger partial charge in [-0.25, -0.2) is 4.79 Å². The van der Waals surface area contributed by atoms with E-state index in [9.17, 15) is 33.6 Å². The van der Waals surface area contributed by atoms with Crippen molar-refractivity contribution in [2.45, 2.75) is 104 Å². The number of amides is 7. The highest BCUT2D eigenvalue weighted by molar-refractivity contribution is 5.92. The molecule has 7 amide bonds. The van der Waals surface area contributed by atoms with Crippen LogP contribution in [0.15, 0.2) is 0 Å². The van der Waals surface area contributed by atoms with Crippen LogP contribution >= 0.6 is 0 Å². The molecule has 0 bridgehead atoms. The number of hydrogen-bond acceptors (Lipinski definition) is 13. The number of Topliss-reactive ketones (excluding diaryl/α,β-unsaturated/α-hetero) is 1. The third kappa shape index (κ3) is 33.6. The summed E-state index contributed by atoms with van der Waals surface area (Å²) in [5.41, 5.74) is 5.04. The van der Waals surface area contributed by atoms with E-state index in [0.717, 1.165) is 19.3 Å².